The summed E-state index contributed by atoms with van der Waals surface area (Å²) in [6.07, 6.45) is 1.35. The number of rotatable bonds is 4. The van der Waals surface area contributed by atoms with Gasteiger partial charge in [-0.3, -0.25) is 4.79 Å². The van der Waals surface area contributed by atoms with Crippen LogP contribution in [0, 0.1) is 11.3 Å². The zero-order valence-corrected chi connectivity index (χ0v) is 9.48. The molecule has 94 valence electrons. The number of hydrogen-bond donors (Lipinski definition) is 1. The van der Waals surface area contributed by atoms with Crippen LogP contribution in [-0.4, -0.2) is 19.6 Å². The van der Waals surface area contributed by atoms with Gasteiger partial charge in [0.1, 0.15) is 17.4 Å². The van der Waals surface area contributed by atoms with Gasteiger partial charge in [-0.25, -0.2) is 0 Å². The molecule has 0 saturated carbocycles. The number of carbonyl (C=O) groups is 1. The van der Waals surface area contributed by atoms with Crippen LogP contribution in [0.4, 0.5) is 8.78 Å². The van der Waals surface area contributed by atoms with Crippen molar-refractivity contribution >= 4 is 12.0 Å². The minimum atomic E-state index is -2.88. The van der Waals surface area contributed by atoms with E-state index in [2.05, 4.69) is 10.1 Å². The number of ether oxygens (including phenoxy) is 1. The fourth-order valence-electron chi connectivity index (χ4n) is 1.20. The van der Waals surface area contributed by atoms with E-state index in [1.54, 1.807) is 6.07 Å². The highest BCUT2D eigenvalue weighted by Gasteiger charge is 2.07. The quantitative estimate of drug-likeness (QED) is 0.658. The third kappa shape index (κ3) is 3.87. The van der Waals surface area contributed by atoms with Crippen LogP contribution in [0.1, 0.15) is 5.56 Å². The lowest BCUT2D eigenvalue weighted by molar-refractivity contribution is -0.116. The van der Waals surface area contributed by atoms with E-state index in [0.717, 1.165) is 0 Å². The van der Waals surface area contributed by atoms with Gasteiger partial charge in [-0.1, -0.05) is 12.1 Å². The molecule has 0 saturated heterocycles. The number of nitriles is 1. The highest BCUT2D eigenvalue weighted by atomic mass is 19.3. The number of nitrogens with one attached hydrogen (secondary N) is 1. The molecule has 4 nitrogen and oxygen atoms in total. The molecular weight excluding hydrogens is 242 g/mol. The molecule has 0 atom stereocenters. The normalized spacial score (nSPS) is 10.9. The van der Waals surface area contributed by atoms with Gasteiger partial charge in [0, 0.05) is 7.05 Å². The van der Waals surface area contributed by atoms with Crippen molar-refractivity contribution in [3.63, 3.8) is 0 Å². The number of hydrogen-bond acceptors (Lipinski definition) is 3. The van der Waals surface area contributed by atoms with Crippen LogP contribution >= 0.6 is 0 Å². The van der Waals surface area contributed by atoms with Crippen LogP contribution in [0.25, 0.3) is 6.08 Å². The third-order valence-electron chi connectivity index (χ3n) is 2.01. The van der Waals surface area contributed by atoms with Crippen molar-refractivity contribution in [1.29, 1.82) is 5.26 Å². The van der Waals surface area contributed by atoms with Gasteiger partial charge < -0.3 is 10.1 Å². The van der Waals surface area contributed by atoms with E-state index in [1.807, 2.05) is 0 Å². The van der Waals surface area contributed by atoms with Crippen molar-refractivity contribution in [2.75, 3.05) is 7.05 Å². The zero-order chi connectivity index (χ0) is 13.5. The Labute approximate surface area is 102 Å². The number of halogens is 2. The summed E-state index contributed by atoms with van der Waals surface area (Å²) in [5, 5.41) is 11.1. The summed E-state index contributed by atoms with van der Waals surface area (Å²) >= 11 is 0. The summed E-state index contributed by atoms with van der Waals surface area (Å²) in [5.41, 5.74) is 0.469. The summed E-state index contributed by atoms with van der Waals surface area (Å²) in [7, 11) is 1.41. The van der Waals surface area contributed by atoms with Crippen molar-refractivity contribution in [2.45, 2.75) is 6.61 Å². The zero-order valence-electron chi connectivity index (χ0n) is 9.48. The van der Waals surface area contributed by atoms with Crippen molar-refractivity contribution < 1.29 is 18.3 Å². The molecule has 1 amide bonds. The lowest BCUT2D eigenvalue weighted by atomic mass is 10.1. The number of nitrogens with zero attached hydrogens (tertiary/aromatic N) is 1. The van der Waals surface area contributed by atoms with Gasteiger partial charge in [0.25, 0.3) is 5.91 Å². The molecule has 1 rings (SSSR count). The average molecular weight is 252 g/mol. The number of alkyl halides is 2. The summed E-state index contributed by atoms with van der Waals surface area (Å²) in [6, 6.07) is 7.35. The smallest absolute Gasteiger partial charge is 0.387 e. The maximum atomic E-state index is 11.9. The lowest BCUT2D eigenvalue weighted by Gasteiger charge is -2.04. The van der Waals surface area contributed by atoms with E-state index in [9.17, 15) is 13.6 Å². The Morgan fingerprint density at radius 1 is 1.44 bits per heavy atom. The van der Waals surface area contributed by atoms with Crippen molar-refractivity contribution in [1.82, 2.24) is 5.32 Å². The van der Waals surface area contributed by atoms with Gasteiger partial charge in [-0.15, -0.1) is 0 Å². The first-order valence-electron chi connectivity index (χ1n) is 4.95. The Hall–Kier alpha value is -2.42. The van der Waals surface area contributed by atoms with Crippen molar-refractivity contribution in [2.24, 2.45) is 0 Å². The van der Waals surface area contributed by atoms with Gasteiger partial charge >= 0.3 is 6.61 Å². The minimum absolute atomic E-state index is 0.0144. The lowest BCUT2D eigenvalue weighted by Crippen LogP contribution is -2.19. The Kier molecular flexibility index (Phi) is 4.81. The summed E-state index contributed by atoms with van der Waals surface area (Å²) < 4.78 is 28.0. The molecule has 0 aliphatic carbocycles. The molecule has 0 bridgehead atoms. The summed E-state index contributed by atoms with van der Waals surface area (Å²) in [5.74, 6) is -0.494. The molecule has 1 aromatic rings. The maximum absolute atomic E-state index is 11.9. The fourth-order valence-corrected chi connectivity index (χ4v) is 1.20. The van der Waals surface area contributed by atoms with E-state index >= 15 is 0 Å². The Morgan fingerprint density at radius 3 is 2.50 bits per heavy atom. The second-order valence-electron chi connectivity index (χ2n) is 3.20. The van der Waals surface area contributed by atoms with Crippen LogP contribution in [0.3, 0.4) is 0 Å². The molecule has 0 radical (unpaired) electrons. The topological polar surface area (TPSA) is 62.1 Å². The Balaban J connectivity index is 2.89. The molecule has 0 aliphatic rings. The van der Waals surface area contributed by atoms with Gasteiger partial charge in [0.2, 0.25) is 0 Å². The average Bonchev–Trinajstić information content (AvgIpc) is 2.36. The Bertz CT molecular complexity index is 490. The maximum Gasteiger partial charge on any atom is 0.387 e. The highest BCUT2D eigenvalue weighted by molar-refractivity contribution is 6.01. The van der Waals surface area contributed by atoms with E-state index in [1.165, 1.54) is 37.4 Å². The second-order valence-corrected chi connectivity index (χ2v) is 3.20. The molecule has 1 aromatic carbocycles. The standard InChI is InChI=1S/C12H10F2N2O2/c1-16-11(17)9(7-15)6-8-2-4-10(5-3-8)18-12(13)14/h2-6,12H,1H3,(H,16,17)/b9-6+. The minimum Gasteiger partial charge on any atom is -0.435 e. The molecule has 0 aliphatic heterocycles. The summed E-state index contributed by atoms with van der Waals surface area (Å²) in [6.45, 7) is -2.88. The fraction of sp³-hybridized carbons (Fsp3) is 0.167. The van der Waals surface area contributed by atoms with Gasteiger partial charge in [-0.05, 0) is 23.8 Å². The van der Waals surface area contributed by atoms with Crippen molar-refractivity contribution in [3.05, 3.63) is 35.4 Å². The number of benzene rings is 1. The monoisotopic (exact) mass is 252 g/mol. The van der Waals surface area contributed by atoms with Crippen molar-refractivity contribution in [3.8, 4) is 11.8 Å². The van der Waals surface area contributed by atoms with E-state index in [-0.39, 0.29) is 11.3 Å². The van der Waals surface area contributed by atoms with Crippen LogP contribution in [0.5, 0.6) is 5.75 Å². The van der Waals surface area contributed by atoms with Crippen LogP contribution in [-0.2, 0) is 4.79 Å². The summed E-state index contributed by atoms with van der Waals surface area (Å²) in [4.78, 5) is 11.2. The molecular formula is C12H10F2N2O2. The van der Waals surface area contributed by atoms with Gasteiger partial charge in [0.15, 0.2) is 0 Å². The predicted octanol–water partition coefficient (Wildman–Crippen LogP) is 1.94. The molecule has 0 aromatic heterocycles. The second kappa shape index (κ2) is 6.35. The molecule has 6 heteroatoms. The SMILES string of the molecule is CNC(=O)/C(C#N)=C/c1ccc(OC(F)F)cc1. The number of likely N-dealkylation sites (N-methyl/N-ethyl adjacent to an activating group) is 1. The predicted molar refractivity (Wildman–Crippen MR) is 60.7 cm³/mol. The molecule has 0 unspecified atom stereocenters. The molecule has 1 N–H and O–H groups in total. The van der Waals surface area contributed by atoms with Crippen LogP contribution in [0.15, 0.2) is 29.8 Å². The molecule has 0 spiro atoms. The first kappa shape index (κ1) is 13.6. The molecule has 0 heterocycles. The molecule has 18 heavy (non-hydrogen) atoms. The van der Waals surface area contributed by atoms with E-state index in [0.29, 0.717) is 5.56 Å². The first-order valence-corrected chi connectivity index (χ1v) is 4.95. The van der Waals surface area contributed by atoms with Crippen LogP contribution in [0.2, 0.25) is 0 Å². The van der Waals surface area contributed by atoms with Gasteiger partial charge in [-0.2, -0.15) is 14.0 Å². The molecule has 0 fully saturated rings. The number of carbonyl (C=O) groups excluding carboxylic acids is 1. The first-order chi connectivity index (χ1) is 8.56. The highest BCUT2D eigenvalue weighted by Crippen LogP contribution is 2.16. The number of amides is 1. The third-order valence-corrected chi connectivity index (χ3v) is 2.01. The largest absolute Gasteiger partial charge is 0.435 e. The van der Waals surface area contributed by atoms with Crippen LogP contribution < -0.4 is 10.1 Å². The van der Waals surface area contributed by atoms with E-state index < -0.39 is 12.5 Å². The van der Waals surface area contributed by atoms with Gasteiger partial charge in [0.05, 0.1) is 0 Å². The van der Waals surface area contributed by atoms with E-state index in [4.69, 9.17) is 5.26 Å². The Morgan fingerprint density at radius 2 is 2.06 bits per heavy atom.